The Balaban J connectivity index is 2.07. The second-order valence-corrected chi connectivity index (χ2v) is 4.90. The van der Waals surface area contributed by atoms with E-state index in [1.807, 2.05) is 12.1 Å². The summed E-state index contributed by atoms with van der Waals surface area (Å²) in [5, 5.41) is 11.8. The molecule has 2 aromatic carbocycles. The van der Waals surface area contributed by atoms with Crippen molar-refractivity contribution >= 4 is 11.6 Å². The molecule has 0 atom stereocenters. The second-order valence-electron chi connectivity index (χ2n) is 4.90. The summed E-state index contributed by atoms with van der Waals surface area (Å²) in [6, 6.07) is 16.2. The Morgan fingerprint density at radius 2 is 1.46 bits per heavy atom. The van der Waals surface area contributed by atoms with Gasteiger partial charge in [0.25, 0.3) is 0 Å². The molecule has 6 nitrogen and oxygen atoms in total. The molecule has 0 fully saturated rings. The first kappa shape index (κ1) is 15.1. The van der Waals surface area contributed by atoms with Gasteiger partial charge < -0.3 is 5.32 Å². The van der Waals surface area contributed by atoms with Gasteiger partial charge in [-0.05, 0) is 24.3 Å². The van der Waals surface area contributed by atoms with Crippen LogP contribution in [-0.2, 0) is 0 Å². The van der Waals surface area contributed by atoms with Gasteiger partial charge in [0.15, 0.2) is 17.3 Å². The van der Waals surface area contributed by atoms with Crippen molar-refractivity contribution in [2.45, 2.75) is 0 Å². The number of rotatable bonds is 3. The van der Waals surface area contributed by atoms with Crippen molar-refractivity contribution in [3.8, 4) is 28.8 Å². The number of anilines is 1. The maximum Gasteiger partial charge on any atom is 0.226 e. The van der Waals surface area contributed by atoms with Crippen molar-refractivity contribution in [1.29, 1.82) is 5.26 Å². The molecule has 3 aromatic rings. The van der Waals surface area contributed by atoms with Crippen LogP contribution in [0, 0.1) is 17.9 Å². The van der Waals surface area contributed by atoms with Gasteiger partial charge in [-0.1, -0.05) is 24.3 Å². The molecular formula is C18H12N6. The Bertz CT molecular complexity index is 871. The number of benzene rings is 2. The van der Waals surface area contributed by atoms with Gasteiger partial charge in [-0.25, -0.2) is 9.83 Å². The van der Waals surface area contributed by atoms with Gasteiger partial charge >= 0.3 is 0 Å². The minimum absolute atomic E-state index is 0.452. The number of hydrogen-bond acceptors (Lipinski definition) is 5. The smallest absolute Gasteiger partial charge is 0.226 e. The SMILES string of the molecule is [C-]#[N+]c1ccc(-c2nc(NC)nc(-c3ccc(C#N)cc3)n2)cc1. The molecule has 0 saturated heterocycles. The molecule has 0 bridgehead atoms. The molecule has 114 valence electrons. The summed E-state index contributed by atoms with van der Waals surface area (Å²) in [5.74, 6) is 1.49. The van der Waals surface area contributed by atoms with Gasteiger partial charge in [-0.3, -0.25) is 0 Å². The van der Waals surface area contributed by atoms with Crippen molar-refractivity contribution in [2.75, 3.05) is 12.4 Å². The zero-order valence-electron chi connectivity index (χ0n) is 12.9. The van der Waals surface area contributed by atoms with Crippen LogP contribution in [0.4, 0.5) is 11.6 Å². The standard InChI is InChI=1S/C18H12N6/c1-20-15-9-7-14(8-10-15)17-22-16(23-18(21-2)24-17)13-5-3-12(11-19)4-6-13/h3-10H,2H3,(H,21,22,23,24). The van der Waals surface area contributed by atoms with Crippen LogP contribution in [0.3, 0.4) is 0 Å². The highest BCUT2D eigenvalue weighted by molar-refractivity contribution is 5.65. The third-order valence-electron chi connectivity index (χ3n) is 3.39. The first-order valence-electron chi connectivity index (χ1n) is 7.16. The molecule has 1 aromatic heterocycles. The third kappa shape index (κ3) is 3.03. The molecule has 0 aliphatic carbocycles. The molecule has 0 aliphatic heterocycles. The Kier molecular flexibility index (Phi) is 4.13. The Morgan fingerprint density at radius 3 is 1.92 bits per heavy atom. The molecule has 0 aliphatic rings. The summed E-state index contributed by atoms with van der Waals surface area (Å²) >= 11 is 0. The molecule has 3 rings (SSSR count). The maximum absolute atomic E-state index is 8.89. The quantitative estimate of drug-likeness (QED) is 0.746. The molecule has 0 amide bonds. The Hall–Kier alpha value is -3.77. The minimum Gasteiger partial charge on any atom is -0.357 e. The van der Waals surface area contributed by atoms with E-state index in [9.17, 15) is 0 Å². The molecule has 0 saturated carbocycles. The van der Waals surface area contributed by atoms with E-state index in [1.165, 1.54) is 0 Å². The van der Waals surface area contributed by atoms with Crippen LogP contribution in [0.2, 0.25) is 0 Å². The van der Waals surface area contributed by atoms with Crippen molar-refractivity contribution in [2.24, 2.45) is 0 Å². The zero-order valence-corrected chi connectivity index (χ0v) is 12.9. The number of nitrogens with zero attached hydrogens (tertiary/aromatic N) is 5. The first-order valence-corrected chi connectivity index (χ1v) is 7.16. The van der Waals surface area contributed by atoms with Crippen molar-refractivity contribution in [1.82, 2.24) is 15.0 Å². The molecule has 1 N–H and O–H groups in total. The van der Waals surface area contributed by atoms with Gasteiger partial charge in [0.05, 0.1) is 18.2 Å². The van der Waals surface area contributed by atoms with E-state index in [4.69, 9.17) is 11.8 Å². The van der Waals surface area contributed by atoms with Gasteiger partial charge in [0, 0.05) is 18.2 Å². The lowest BCUT2D eigenvalue weighted by Crippen LogP contribution is -2.02. The van der Waals surface area contributed by atoms with Crippen molar-refractivity contribution < 1.29 is 0 Å². The molecule has 1 heterocycles. The van der Waals surface area contributed by atoms with E-state index in [1.54, 1.807) is 43.4 Å². The number of nitriles is 1. The number of hydrogen-bond donors (Lipinski definition) is 1. The number of nitrogens with one attached hydrogen (secondary N) is 1. The van der Waals surface area contributed by atoms with E-state index in [0.29, 0.717) is 28.8 Å². The maximum atomic E-state index is 8.89. The van der Waals surface area contributed by atoms with E-state index in [2.05, 4.69) is 31.2 Å². The average Bonchev–Trinajstić information content (AvgIpc) is 2.67. The molecule has 6 heteroatoms. The van der Waals surface area contributed by atoms with E-state index in [-0.39, 0.29) is 0 Å². The summed E-state index contributed by atoms with van der Waals surface area (Å²) in [4.78, 5) is 16.6. The predicted octanol–water partition coefficient (Wildman–Crippen LogP) is 3.67. The lowest BCUT2D eigenvalue weighted by Gasteiger charge is -2.07. The van der Waals surface area contributed by atoms with E-state index >= 15 is 0 Å². The summed E-state index contributed by atoms with van der Waals surface area (Å²) in [6.07, 6.45) is 0. The van der Waals surface area contributed by atoms with Gasteiger partial charge in [-0.15, -0.1) is 0 Å². The van der Waals surface area contributed by atoms with Crippen LogP contribution in [-0.4, -0.2) is 22.0 Å². The summed E-state index contributed by atoms with van der Waals surface area (Å²) < 4.78 is 0. The summed E-state index contributed by atoms with van der Waals surface area (Å²) in [5.41, 5.74) is 2.74. The fourth-order valence-electron chi connectivity index (χ4n) is 2.12. The Labute approximate surface area is 139 Å². The average molecular weight is 312 g/mol. The summed E-state index contributed by atoms with van der Waals surface area (Å²) in [7, 11) is 1.74. The molecule has 0 unspecified atom stereocenters. The third-order valence-corrected chi connectivity index (χ3v) is 3.39. The van der Waals surface area contributed by atoms with Crippen LogP contribution in [0.1, 0.15) is 5.56 Å². The highest BCUT2D eigenvalue weighted by Gasteiger charge is 2.10. The van der Waals surface area contributed by atoms with Gasteiger partial charge in [0.2, 0.25) is 5.95 Å². The second kappa shape index (κ2) is 6.55. The fraction of sp³-hybridized carbons (Fsp3) is 0.0556. The lowest BCUT2D eigenvalue weighted by atomic mass is 10.1. The largest absolute Gasteiger partial charge is 0.357 e. The Morgan fingerprint density at radius 1 is 0.917 bits per heavy atom. The molecular weight excluding hydrogens is 300 g/mol. The lowest BCUT2D eigenvalue weighted by molar-refractivity contribution is 1.06. The van der Waals surface area contributed by atoms with E-state index < -0.39 is 0 Å². The van der Waals surface area contributed by atoms with Crippen LogP contribution in [0.25, 0.3) is 27.6 Å². The number of aromatic nitrogens is 3. The highest BCUT2D eigenvalue weighted by Crippen LogP contribution is 2.23. The molecule has 24 heavy (non-hydrogen) atoms. The predicted molar refractivity (Wildman–Crippen MR) is 91.2 cm³/mol. The van der Waals surface area contributed by atoms with Crippen molar-refractivity contribution in [3.05, 3.63) is 65.5 Å². The van der Waals surface area contributed by atoms with E-state index in [0.717, 1.165) is 11.1 Å². The van der Waals surface area contributed by atoms with Gasteiger partial charge in [-0.2, -0.15) is 15.2 Å². The van der Waals surface area contributed by atoms with Crippen LogP contribution < -0.4 is 5.32 Å². The monoisotopic (exact) mass is 312 g/mol. The van der Waals surface area contributed by atoms with Crippen LogP contribution in [0.5, 0.6) is 0 Å². The zero-order chi connectivity index (χ0) is 16.9. The fourth-order valence-corrected chi connectivity index (χ4v) is 2.12. The topological polar surface area (TPSA) is 78.9 Å². The summed E-state index contributed by atoms with van der Waals surface area (Å²) in [6.45, 7) is 7.01. The molecule has 0 radical (unpaired) electrons. The first-order chi connectivity index (χ1) is 11.7. The van der Waals surface area contributed by atoms with Crippen LogP contribution >= 0.6 is 0 Å². The normalized spacial score (nSPS) is 9.79. The molecule has 0 spiro atoms. The van der Waals surface area contributed by atoms with Crippen molar-refractivity contribution in [3.63, 3.8) is 0 Å². The van der Waals surface area contributed by atoms with Crippen LogP contribution in [0.15, 0.2) is 48.5 Å². The minimum atomic E-state index is 0.452. The van der Waals surface area contributed by atoms with Gasteiger partial charge in [0.1, 0.15) is 0 Å². The highest BCUT2D eigenvalue weighted by atomic mass is 15.1.